The lowest BCUT2D eigenvalue weighted by atomic mass is 10.2. The molecule has 1 heterocycles. The smallest absolute Gasteiger partial charge is 0.205 e. The number of nitrogen functional groups attached to an aromatic ring is 1. The molecular formula is C14H10ClF2N3. The normalized spacial score (nSPS) is 11.2. The van der Waals surface area contributed by atoms with Crippen LogP contribution in [0.25, 0.3) is 16.7 Å². The van der Waals surface area contributed by atoms with Crippen LogP contribution in [0.3, 0.4) is 0 Å². The van der Waals surface area contributed by atoms with Gasteiger partial charge in [-0.05, 0) is 36.8 Å². The molecule has 3 aromatic rings. The summed E-state index contributed by atoms with van der Waals surface area (Å²) in [5, 5.41) is -0.0154. The van der Waals surface area contributed by atoms with Crippen LogP contribution in [0, 0.1) is 18.6 Å². The summed E-state index contributed by atoms with van der Waals surface area (Å²) < 4.78 is 28.3. The molecule has 20 heavy (non-hydrogen) atoms. The van der Waals surface area contributed by atoms with E-state index in [4.69, 9.17) is 17.3 Å². The van der Waals surface area contributed by atoms with Crippen molar-refractivity contribution in [2.24, 2.45) is 0 Å². The van der Waals surface area contributed by atoms with E-state index >= 15 is 0 Å². The molecule has 0 saturated heterocycles. The van der Waals surface area contributed by atoms with Gasteiger partial charge >= 0.3 is 0 Å². The summed E-state index contributed by atoms with van der Waals surface area (Å²) in [6.07, 6.45) is 0. The first-order valence-corrected chi connectivity index (χ1v) is 6.24. The fourth-order valence-electron chi connectivity index (χ4n) is 2.21. The molecule has 1 aromatic heterocycles. The van der Waals surface area contributed by atoms with Crippen LogP contribution in [0.2, 0.25) is 5.02 Å². The first-order valence-electron chi connectivity index (χ1n) is 5.87. The van der Waals surface area contributed by atoms with Gasteiger partial charge in [-0.2, -0.15) is 0 Å². The molecule has 0 aliphatic rings. The molecule has 0 aliphatic heterocycles. The van der Waals surface area contributed by atoms with E-state index in [1.54, 1.807) is 17.6 Å². The van der Waals surface area contributed by atoms with Crippen molar-refractivity contribution in [3.63, 3.8) is 0 Å². The van der Waals surface area contributed by atoms with Crippen molar-refractivity contribution < 1.29 is 8.78 Å². The molecule has 0 amide bonds. The molecule has 0 spiro atoms. The SMILES string of the molecule is Cc1cc(F)ccc1-n1c(N)nc2cc(F)c(Cl)cc21. The Balaban J connectivity index is 2.35. The number of fused-ring (bicyclic) bond motifs is 1. The molecule has 3 rings (SSSR count). The van der Waals surface area contributed by atoms with Gasteiger partial charge in [0.2, 0.25) is 5.95 Å². The van der Waals surface area contributed by atoms with E-state index in [1.165, 1.54) is 24.3 Å². The molecule has 6 heteroatoms. The second-order valence-electron chi connectivity index (χ2n) is 4.49. The van der Waals surface area contributed by atoms with Crippen LogP contribution in [0.1, 0.15) is 5.56 Å². The van der Waals surface area contributed by atoms with E-state index in [0.717, 1.165) is 0 Å². The van der Waals surface area contributed by atoms with Crippen LogP contribution >= 0.6 is 11.6 Å². The van der Waals surface area contributed by atoms with E-state index in [0.29, 0.717) is 22.3 Å². The number of halogens is 3. The van der Waals surface area contributed by atoms with Crippen LogP contribution in [-0.2, 0) is 0 Å². The second kappa shape index (κ2) is 4.45. The Morgan fingerprint density at radius 2 is 1.95 bits per heavy atom. The van der Waals surface area contributed by atoms with Gasteiger partial charge in [-0.1, -0.05) is 11.6 Å². The lowest BCUT2D eigenvalue weighted by Gasteiger charge is -2.10. The number of hydrogen-bond acceptors (Lipinski definition) is 2. The number of aryl methyl sites for hydroxylation is 1. The maximum absolute atomic E-state index is 13.5. The monoisotopic (exact) mass is 293 g/mol. The average molecular weight is 294 g/mol. The van der Waals surface area contributed by atoms with Gasteiger partial charge in [0.1, 0.15) is 11.6 Å². The Morgan fingerprint density at radius 1 is 1.20 bits per heavy atom. The van der Waals surface area contributed by atoms with Crippen LogP contribution < -0.4 is 5.73 Å². The Hall–Kier alpha value is -2.14. The number of rotatable bonds is 1. The summed E-state index contributed by atoms with van der Waals surface area (Å²) in [5.41, 5.74) is 8.22. The number of nitrogens with zero attached hydrogens (tertiary/aromatic N) is 2. The molecular weight excluding hydrogens is 284 g/mol. The maximum Gasteiger partial charge on any atom is 0.205 e. The fraction of sp³-hybridized carbons (Fsp3) is 0.0714. The average Bonchev–Trinajstić information content (AvgIpc) is 2.66. The lowest BCUT2D eigenvalue weighted by Crippen LogP contribution is -2.02. The predicted octanol–water partition coefficient (Wildman–Crippen LogP) is 3.85. The number of hydrogen-bond donors (Lipinski definition) is 1. The molecule has 0 saturated carbocycles. The molecule has 0 unspecified atom stereocenters. The highest BCUT2D eigenvalue weighted by molar-refractivity contribution is 6.31. The number of anilines is 1. The van der Waals surface area contributed by atoms with Gasteiger partial charge in [-0.25, -0.2) is 13.8 Å². The van der Waals surface area contributed by atoms with Gasteiger partial charge in [0.05, 0.1) is 21.7 Å². The van der Waals surface area contributed by atoms with Crippen LogP contribution in [0.15, 0.2) is 30.3 Å². The van der Waals surface area contributed by atoms with Crippen LogP contribution in [-0.4, -0.2) is 9.55 Å². The highest BCUT2D eigenvalue weighted by Gasteiger charge is 2.14. The van der Waals surface area contributed by atoms with E-state index in [1.807, 2.05) is 0 Å². The number of benzene rings is 2. The number of nitrogens with two attached hydrogens (primary N) is 1. The zero-order valence-corrected chi connectivity index (χ0v) is 11.2. The van der Waals surface area contributed by atoms with Gasteiger partial charge in [0.25, 0.3) is 0 Å². The minimum absolute atomic E-state index is 0.0154. The van der Waals surface area contributed by atoms with Crippen LogP contribution in [0.4, 0.5) is 14.7 Å². The van der Waals surface area contributed by atoms with Crippen molar-refractivity contribution in [3.8, 4) is 5.69 Å². The van der Waals surface area contributed by atoms with Gasteiger partial charge in [-0.15, -0.1) is 0 Å². The Labute approximate surface area is 118 Å². The summed E-state index contributed by atoms with van der Waals surface area (Å²) >= 11 is 5.80. The molecule has 0 atom stereocenters. The largest absolute Gasteiger partial charge is 0.369 e. The van der Waals surface area contributed by atoms with Crippen molar-refractivity contribution in [1.82, 2.24) is 9.55 Å². The maximum atomic E-state index is 13.5. The third kappa shape index (κ3) is 1.91. The van der Waals surface area contributed by atoms with E-state index in [9.17, 15) is 8.78 Å². The Bertz CT molecular complexity index is 827. The zero-order chi connectivity index (χ0) is 14.4. The summed E-state index contributed by atoms with van der Waals surface area (Å²) in [4.78, 5) is 4.10. The molecule has 0 bridgehead atoms. The zero-order valence-electron chi connectivity index (χ0n) is 10.5. The number of imidazole rings is 1. The Morgan fingerprint density at radius 3 is 2.65 bits per heavy atom. The van der Waals surface area contributed by atoms with Gasteiger partial charge < -0.3 is 5.73 Å². The molecule has 0 aliphatic carbocycles. The molecule has 2 aromatic carbocycles. The lowest BCUT2D eigenvalue weighted by molar-refractivity contribution is 0.626. The molecule has 0 radical (unpaired) electrons. The standard InChI is InChI=1S/C14H10ClF2N3/c1-7-4-8(16)2-3-12(7)20-13-5-9(15)10(17)6-11(13)19-14(20)18/h2-6H,1H3,(H2,18,19). The van der Waals surface area contributed by atoms with Crippen molar-refractivity contribution in [3.05, 3.63) is 52.6 Å². The molecule has 3 nitrogen and oxygen atoms in total. The third-order valence-electron chi connectivity index (χ3n) is 3.12. The van der Waals surface area contributed by atoms with Crippen molar-refractivity contribution >= 4 is 28.6 Å². The highest BCUT2D eigenvalue weighted by atomic mass is 35.5. The van der Waals surface area contributed by atoms with E-state index in [2.05, 4.69) is 4.98 Å². The second-order valence-corrected chi connectivity index (χ2v) is 4.90. The highest BCUT2D eigenvalue weighted by Crippen LogP contribution is 2.29. The minimum Gasteiger partial charge on any atom is -0.369 e. The van der Waals surface area contributed by atoms with Crippen LogP contribution in [0.5, 0.6) is 0 Å². The first kappa shape index (κ1) is 12.9. The van der Waals surface area contributed by atoms with Crippen molar-refractivity contribution in [2.45, 2.75) is 6.92 Å². The number of aromatic nitrogens is 2. The Kier molecular flexibility index (Phi) is 2.87. The summed E-state index contributed by atoms with van der Waals surface area (Å²) in [6, 6.07) is 7.01. The topological polar surface area (TPSA) is 43.8 Å². The van der Waals surface area contributed by atoms with Gasteiger partial charge in [-0.3, -0.25) is 4.57 Å². The summed E-state index contributed by atoms with van der Waals surface area (Å²) in [6.45, 7) is 1.76. The first-order chi connectivity index (χ1) is 9.47. The van der Waals surface area contributed by atoms with Crippen molar-refractivity contribution in [1.29, 1.82) is 0 Å². The van der Waals surface area contributed by atoms with E-state index < -0.39 is 5.82 Å². The van der Waals surface area contributed by atoms with Gasteiger partial charge in [0, 0.05) is 6.07 Å². The fourth-order valence-corrected chi connectivity index (χ4v) is 2.37. The predicted molar refractivity (Wildman–Crippen MR) is 75.1 cm³/mol. The third-order valence-corrected chi connectivity index (χ3v) is 3.41. The summed E-state index contributed by atoms with van der Waals surface area (Å²) in [7, 11) is 0. The van der Waals surface area contributed by atoms with Crippen molar-refractivity contribution in [2.75, 3.05) is 5.73 Å². The quantitative estimate of drug-likeness (QED) is 0.740. The molecule has 0 fully saturated rings. The summed E-state index contributed by atoms with van der Waals surface area (Å²) in [5.74, 6) is -0.700. The van der Waals surface area contributed by atoms with Gasteiger partial charge in [0.15, 0.2) is 0 Å². The minimum atomic E-state index is -0.556. The molecule has 2 N–H and O–H groups in total. The van der Waals surface area contributed by atoms with E-state index in [-0.39, 0.29) is 16.8 Å². The molecule has 102 valence electrons.